The summed E-state index contributed by atoms with van der Waals surface area (Å²) in [5.74, 6) is 1.55. The lowest BCUT2D eigenvalue weighted by Crippen LogP contribution is -2.25. The smallest absolute Gasteiger partial charge is 0.251 e. The van der Waals surface area contributed by atoms with Crippen LogP contribution in [0.4, 0.5) is 11.4 Å². The van der Waals surface area contributed by atoms with Crippen LogP contribution in [0, 0.1) is 11.8 Å². The van der Waals surface area contributed by atoms with Gasteiger partial charge in [-0.05, 0) is 55.7 Å². The molecule has 0 aromatic heterocycles. The highest BCUT2D eigenvalue weighted by Crippen LogP contribution is 2.46. The summed E-state index contributed by atoms with van der Waals surface area (Å²) in [5.41, 5.74) is 8.30. The molecule has 0 heterocycles. The number of hydrogen-bond donors (Lipinski definition) is 3. The predicted octanol–water partition coefficient (Wildman–Crippen LogP) is 2.23. The molecule has 0 spiro atoms. The van der Waals surface area contributed by atoms with E-state index in [1.54, 1.807) is 13.1 Å². The Balaban J connectivity index is 1.75. The molecule has 102 valence electrons. The van der Waals surface area contributed by atoms with Crippen LogP contribution in [-0.2, 0) is 0 Å². The molecule has 0 bridgehead atoms. The minimum atomic E-state index is -0.0980. The van der Waals surface area contributed by atoms with Crippen molar-refractivity contribution in [1.82, 2.24) is 5.32 Å². The van der Waals surface area contributed by atoms with Crippen LogP contribution in [0.15, 0.2) is 18.2 Å². The summed E-state index contributed by atoms with van der Waals surface area (Å²) in [5, 5.41) is 6.21. The van der Waals surface area contributed by atoms with Gasteiger partial charge in [0, 0.05) is 18.7 Å². The first-order valence-corrected chi connectivity index (χ1v) is 7.07. The Bertz CT molecular complexity index is 480. The molecule has 2 aliphatic rings. The number of carbonyl (C=O) groups excluding carboxylic acids is 1. The fourth-order valence-electron chi connectivity index (χ4n) is 2.69. The minimum Gasteiger partial charge on any atom is -0.397 e. The largest absolute Gasteiger partial charge is 0.397 e. The van der Waals surface area contributed by atoms with E-state index < -0.39 is 0 Å². The normalized spacial score (nSPS) is 18.4. The lowest BCUT2D eigenvalue weighted by atomic mass is 10.1. The summed E-state index contributed by atoms with van der Waals surface area (Å²) < 4.78 is 0. The third kappa shape index (κ3) is 2.67. The van der Waals surface area contributed by atoms with E-state index in [9.17, 15) is 4.79 Å². The second-order valence-electron chi connectivity index (χ2n) is 5.73. The van der Waals surface area contributed by atoms with Gasteiger partial charge in [-0.25, -0.2) is 0 Å². The summed E-state index contributed by atoms with van der Waals surface area (Å²) in [6, 6.07) is 6.08. The van der Waals surface area contributed by atoms with Crippen LogP contribution >= 0.6 is 0 Å². The van der Waals surface area contributed by atoms with Crippen molar-refractivity contribution >= 4 is 17.3 Å². The molecule has 4 nitrogen and oxygen atoms in total. The van der Waals surface area contributed by atoms with Crippen LogP contribution in [0.25, 0.3) is 0 Å². The number of carbonyl (C=O) groups is 1. The Hall–Kier alpha value is -1.71. The Morgan fingerprint density at radius 1 is 1.26 bits per heavy atom. The Morgan fingerprint density at radius 3 is 2.37 bits per heavy atom. The van der Waals surface area contributed by atoms with Gasteiger partial charge in [0.25, 0.3) is 5.91 Å². The number of nitrogens with one attached hydrogen (secondary N) is 2. The highest BCUT2D eigenvalue weighted by molar-refractivity contribution is 5.95. The minimum absolute atomic E-state index is 0.0980. The van der Waals surface area contributed by atoms with Gasteiger partial charge in [0.05, 0.1) is 11.4 Å². The van der Waals surface area contributed by atoms with Gasteiger partial charge in [0.15, 0.2) is 0 Å². The second-order valence-corrected chi connectivity index (χ2v) is 5.73. The predicted molar refractivity (Wildman–Crippen MR) is 77.1 cm³/mol. The van der Waals surface area contributed by atoms with Gasteiger partial charge >= 0.3 is 0 Å². The molecule has 19 heavy (non-hydrogen) atoms. The van der Waals surface area contributed by atoms with Gasteiger partial charge in [-0.2, -0.15) is 0 Å². The van der Waals surface area contributed by atoms with Crippen molar-refractivity contribution in [1.29, 1.82) is 0 Å². The zero-order valence-electron chi connectivity index (χ0n) is 11.3. The standard InChI is InChI=1S/C15H21N3O/c1-17-15(19)11-6-7-13(12(16)8-11)18-14(9-2-3-9)10-4-5-10/h6-10,14,18H,2-5,16H2,1H3,(H,17,19). The third-order valence-electron chi connectivity index (χ3n) is 4.12. The average Bonchev–Trinajstić information content (AvgIpc) is 3.29. The molecule has 2 aliphatic carbocycles. The maximum atomic E-state index is 11.5. The molecule has 0 saturated heterocycles. The molecule has 1 aromatic rings. The van der Waals surface area contributed by atoms with Crippen LogP contribution in [0.1, 0.15) is 36.0 Å². The van der Waals surface area contributed by atoms with Gasteiger partial charge in [0.2, 0.25) is 0 Å². The molecule has 3 rings (SSSR count). The lowest BCUT2D eigenvalue weighted by molar-refractivity contribution is 0.0963. The number of rotatable bonds is 5. The van der Waals surface area contributed by atoms with Gasteiger partial charge in [0.1, 0.15) is 0 Å². The van der Waals surface area contributed by atoms with Gasteiger partial charge < -0.3 is 16.4 Å². The van der Waals surface area contributed by atoms with Crippen LogP contribution in [0.2, 0.25) is 0 Å². The van der Waals surface area contributed by atoms with Crippen molar-refractivity contribution < 1.29 is 4.79 Å². The molecule has 2 saturated carbocycles. The molecule has 0 unspecified atom stereocenters. The summed E-state index contributed by atoms with van der Waals surface area (Å²) in [6.07, 6.45) is 5.35. The maximum Gasteiger partial charge on any atom is 0.251 e. The van der Waals surface area contributed by atoms with E-state index in [1.165, 1.54) is 25.7 Å². The Morgan fingerprint density at radius 2 is 1.89 bits per heavy atom. The fraction of sp³-hybridized carbons (Fsp3) is 0.533. The van der Waals surface area contributed by atoms with Crippen LogP contribution < -0.4 is 16.4 Å². The zero-order chi connectivity index (χ0) is 13.4. The highest BCUT2D eigenvalue weighted by atomic mass is 16.1. The van der Waals surface area contributed by atoms with Gasteiger partial charge in [-0.3, -0.25) is 4.79 Å². The molecule has 2 fully saturated rings. The molecule has 4 heteroatoms. The molecule has 0 aliphatic heterocycles. The van der Waals surface area contributed by atoms with E-state index in [2.05, 4.69) is 10.6 Å². The first-order valence-electron chi connectivity index (χ1n) is 7.07. The highest BCUT2D eigenvalue weighted by Gasteiger charge is 2.41. The monoisotopic (exact) mass is 259 g/mol. The molecular weight excluding hydrogens is 238 g/mol. The summed E-state index contributed by atoms with van der Waals surface area (Å²) in [4.78, 5) is 11.5. The van der Waals surface area contributed by atoms with Crippen molar-refractivity contribution in [2.75, 3.05) is 18.1 Å². The van der Waals surface area contributed by atoms with E-state index in [4.69, 9.17) is 5.73 Å². The topological polar surface area (TPSA) is 67.2 Å². The summed E-state index contributed by atoms with van der Waals surface area (Å²) in [6.45, 7) is 0. The molecule has 0 radical (unpaired) electrons. The van der Waals surface area contributed by atoms with Crippen LogP contribution in [0.5, 0.6) is 0 Å². The average molecular weight is 259 g/mol. The van der Waals surface area contributed by atoms with Crippen molar-refractivity contribution in [3.05, 3.63) is 23.8 Å². The van der Waals surface area contributed by atoms with Crippen LogP contribution in [0.3, 0.4) is 0 Å². The molecule has 1 aromatic carbocycles. The molecule has 1 amide bonds. The van der Waals surface area contributed by atoms with Crippen LogP contribution in [-0.4, -0.2) is 19.0 Å². The number of nitrogens with two attached hydrogens (primary N) is 1. The number of nitrogen functional groups attached to an aromatic ring is 1. The Kier molecular flexibility index (Phi) is 3.09. The number of amides is 1. The quantitative estimate of drug-likeness (QED) is 0.710. The first kappa shape index (κ1) is 12.3. The summed E-state index contributed by atoms with van der Waals surface area (Å²) in [7, 11) is 1.63. The van der Waals surface area contributed by atoms with Gasteiger partial charge in [-0.15, -0.1) is 0 Å². The van der Waals surface area contributed by atoms with E-state index in [1.807, 2.05) is 12.1 Å². The second kappa shape index (κ2) is 4.76. The first-order chi connectivity index (χ1) is 9.19. The number of hydrogen-bond acceptors (Lipinski definition) is 3. The fourth-order valence-corrected chi connectivity index (χ4v) is 2.69. The van der Waals surface area contributed by atoms with Crippen molar-refractivity contribution in [3.8, 4) is 0 Å². The van der Waals surface area contributed by atoms with E-state index >= 15 is 0 Å². The lowest BCUT2D eigenvalue weighted by Gasteiger charge is -2.20. The Labute approximate surface area is 113 Å². The van der Waals surface area contributed by atoms with Crippen molar-refractivity contribution in [2.24, 2.45) is 11.8 Å². The SMILES string of the molecule is CNC(=O)c1ccc(NC(C2CC2)C2CC2)c(N)c1. The van der Waals surface area contributed by atoms with Gasteiger partial charge in [-0.1, -0.05) is 0 Å². The van der Waals surface area contributed by atoms with E-state index in [-0.39, 0.29) is 5.91 Å². The molecule has 4 N–H and O–H groups in total. The van der Waals surface area contributed by atoms with Crippen molar-refractivity contribution in [2.45, 2.75) is 31.7 Å². The third-order valence-corrected chi connectivity index (χ3v) is 4.12. The summed E-state index contributed by atoms with van der Waals surface area (Å²) >= 11 is 0. The molecule has 0 atom stereocenters. The number of anilines is 2. The maximum absolute atomic E-state index is 11.5. The zero-order valence-corrected chi connectivity index (χ0v) is 11.3. The van der Waals surface area contributed by atoms with Crippen molar-refractivity contribution in [3.63, 3.8) is 0 Å². The molecular formula is C15H21N3O. The number of benzene rings is 1. The van der Waals surface area contributed by atoms with E-state index in [0.29, 0.717) is 17.3 Å². The van der Waals surface area contributed by atoms with E-state index in [0.717, 1.165) is 17.5 Å².